The fourth-order valence-corrected chi connectivity index (χ4v) is 2.79. The highest BCUT2D eigenvalue weighted by atomic mass is 127. The molecule has 0 aliphatic heterocycles. The molecule has 5 nitrogen and oxygen atoms in total. The van der Waals surface area contributed by atoms with Crippen molar-refractivity contribution < 1.29 is 13.2 Å². The number of nitrogens with two attached hydrogens (primary N) is 1. The smallest absolute Gasteiger partial charge is 0.251 e. The van der Waals surface area contributed by atoms with Crippen LogP contribution in [0, 0.1) is 3.57 Å². The van der Waals surface area contributed by atoms with E-state index in [4.69, 9.17) is 5.14 Å². The molecule has 1 amide bonds. The van der Waals surface area contributed by atoms with Crippen molar-refractivity contribution in [3.8, 4) is 0 Å². The van der Waals surface area contributed by atoms with Crippen molar-refractivity contribution in [2.45, 2.75) is 17.9 Å². The van der Waals surface area contributed by atoms with E-state index >= 15 is 0 Å². The lowest BCUT2D eigenvalue weighted by atomic mass is 10.1. The molecule has 0 radical (unpaired) electrons. The summed E-state index contributed by atoms with van der Waals surface area (Å²) in [6.07, 6.45) is 0. The molecule has 0 aliphatic carbocycles. The van der Waals surface area contributed by atoms with Gasteiger partial charge >= 0.3 is 0 Å². The zero-order valence-electron chi connectivity index (χ0n) is 11.8. The van der Waals surface area contributed by atoms with Crippen LogP contribution in [0.4, 0.5) is 0 Å². The van der Waals surface area contributed by atoms with E-state index in [9.17, 15) is 13.2 Å². The highest BCUT2D eigenvalue weighted by molar-refractivity contribution is 14.1. The van der Waals surface area contributed by atoms with Crippen LogP contribution in [0.2, 0.25) is 0 Å². The molecule has 116 valence electrons. The zero-order chi connectivity index (χ0) is 16.3. The molecule has 1 atom stereocenters. The van der Waals surface area contributed by atoms with Crippen LogP contribution in [0.1, 0.15) is 28.9 Å². The second-order valence-corrected chi connectivity index (χ2v) is 7.62. The maximum Gasteiger partial charge on any atom is 0.251 e. The molecule has 0 fully saturated rings. The lowest BCUT2D eigenvalue weighted by Crippen LogP contribution is -2.26. The van der Waals surface area contributed by atoms with Crippen molar-refractivity contribution >= 4 is 38.5 Å². The Morgan fingerprint density at radius 1 is 1.09 bits per heavy atom. The van der Waals surface area contributed by atoms with Gasteiger partial charge in [-0.3, -0.25) is 4.79 Å². The van der Waals surface area contributed by atoms with Gasteiger partial charge in [-0.1, -0.05) is 12.1 Å². The van der Waals surface area contributed by atoms with Crippen molar-refractivity contribution in [2.75, 3.05) is 0 Å². The summed E-state index contributed by atoms with van der Waals surface area (Å²) >= 11 is 2.17. The van der Waals surface area contributed by atoms with Gasteiger partial charge in [-0.15, -0.1) is 0 Å². The number of nitrogens with one attached hydrogen (secondary N) is 1. The summed E-state index contributed by atoms with van der Waals surface area (Å²) in [5.74, 6) is -0.181. The second-order valence-electron chi connectivity index (χ2n) is 4.82. The molecule has 0 heterocycles. The minimum Gasteiger partial charge on any atom is -0.346 e. The number of benzene rings is 2. The summed E-state index contributed by atoms with van der Waals surface area (Å²) in [5, 5.41) is 7.92. The zero-order valence-corrected chi connectivity index (χ0v) is 14.8. The average Bonchev–Trinajstić information content (AvgIpc) is 2.47. The summed E-state index contributed by atoms with van der Waals surface area (Å²) in [4.78, 5) is 12.2. The monoisotopic (exact) mass is 430 g/mol. The van der Waals surface area contributed by atoms with Crippen molar-refractivity contribution in [2.24, 2.45) is 5.14 Å². The number of sulfonamides is 1. The summed E-state index contributed by atoms with van der Waals surface area (Å²) in [5.41, 5.74) is 1.37. The normalized spacial score (nSPS) is 12.7. The van der Waals surface area contributed by atoms with E-state index in [2.05, 4.69) is 27.9 Å². The molecule has 0 spiro atoms. The fraction of sp³-hybridized carbons (Fsp3) is 0.133. The molecule has 0 saturated heterocycles. The molecule has 0 aliphatic rings. The van der Waals surface area contributed by atoms with E-state index in [0.717, 1.165) is 9.13 Å². The lowest BCUT2D eigenvalue weighted by Gasteiger charge is -2.15. The van der Waals surface area contributed by atoms with Gasteiger partial charge in [0.15, 0.2) is 0 Å². The standard InChI is InChI=1S/C15H15IN2O3S/c1-10(11-4-8-14(9-5-11)22(17,20)21)18-15(19)12-2-6-13(16)7-3-12/h2-10H,1H3,(H,18,19)(H2,17,20,21)/t10-/m1/s1. The molecule has 2 aromatic rings. The molecule has 2 aromatic carbocycles. The summed E-state index contributed by atoms with van der Waals surface area (Å²) in [7, 11) is -3.70. The third-order valence-electron chi connectivity index (χ3n) is 3.16. The molecule has 0 bridgehead atoms. The van der Waals surface area contributed by atoms with Crippen LogP contribution >= 0.6 is 22.6 Å². The highest BCUT2D eigenvalue weighted by Crippen LogP contribution is 2.16. The molecular formula is C15H15IN2O3S. The summed E-state index contributed by atoms with van der Waals surface area (Å²) in [6, 6.07) is 13.1. The molecule has 0 aromatic heterocycles. The van der Waals surface area contributed by atoms with E-state index in [1.807, 2.05) is 19.1 Å². The topological polar surface area (TPSA) is 89.3 Å². The van der Waals surface area contributed by atoms with Crippen molar-refractivity contribution in [1.29, 1.82) is 0 Å². The Labute approximate surface area is 143 Å². The van der Waals surface area contributed by atoms with Crippen LogP contribution in [0.15, 0.2) is 53.4 Å². The molecule has 0 saturated carbocycles. The number of amides is 1. The Morgan fingerprint density at radius 3 is 2.14 bits per heavy atom. The van der Waals surface area contributed by atoms with Crippen molar-refractivity contribution in [3.63, 3.8) is 0 Å². The Balaban J connectivity index is 2.10. The Kier molecular flexibility index (Phi) is 5.20. The first-order valence-corrected chi connectivity index (χ1v) is 9.09. The maximum absolute atomic E-state index is 12.1. The lowest BCUT2D eigenvalue weighted by molar-refractivity contribution is 0.0940. The number of halogens is 1. The second kappa shape index (κ2) is 6.76. The van der Waals surface area contributed by atoms with Gasteiger partial charge in [-0.25, -0.2) is 13.6 Å². The van der Waals surface area contributed by atoms with E-state index in [-0.39, 0.29) is 16.8 Å². The fourth-order valence-electron chi connectivity index (χ4n) is 1.91. The number of hydrogen-bond donors (Lipinski definition) is 2. The van der Waals surface area contributed by atoms with Crippen LogP contribution < -0.4 is 10.5 Å². The first-order chi connectivity index (χ1) is 10.3. The molecule has 2 rings (SSSR count). The van der Waals surface area contributed by atoms with E-state index in [1.165, 1.54) is 12.1 Å². The van der Waals surface area contributed by atoms with Crippen LogP contribution in [0.5, 0.6) is 0 Å². The Morgan fingerprint density at radius 2 is 1.64 bits per heavy atom. The number of carbonyl (C=O) groups is 1. The first-order valence-electron chi connectivity index (χ1n) is 6.46. The molecule has 0 unspecified atom stereocenters. The van der Waals surface area contributed by atoms with E-state index < -0.39 is 10.0 Å². The average molecular weight is 430 g/mol. The number of rotatable bonds is 4. The minimum atomic E-state index is -3.70. The van der Waals surface area contributed by atoms with Gasteiger partial charge in [-0.2, -0.15) is 0 Å². The largest absolute Gasteiger partial charge is 0.346 e. The van der Waals surface area contributed by atoms with Crippen LogP contribution in [-0.4, -0.2) is 14.3 Å². The van der Waals surface area contributed by atoms with Gasteiger partial charge in [-0.05, 0) is 71.5 Å². The summed E-state index contributed by atoms with van der Waals surface area (Å²) < 4.78 is 23.5. The van der Waals surface area contributed by atoms with Gasteiger partial charge < -0.3 is 5.32 Å². The van der Waals surface area contributed by atoms with Gasteiger partial charge in [0, 0.05) is 9.13 Å². The molecule has 7 heteroatoms. The molecule has 22 heavy (non-hydrogen) atoms. The first kappa shape index (κ1) is 16.9. The van der Waals surface area contributed by atoms with E-state index in [0.29, 0.717) is 5.56 Å². The van der Waals surface area contributed by atoms with E-state index in [1.54, 1.807) is 24.3 Å². The predicted molar refractivity (Wildman–Crippen MR) is 92.9 cm³/mol. The maximum atomic E-state index is 12.1. The van der Waals surface area contributed by atoms with Gasteiger partial charge in [0.2, 0.25) is 10.0 Å². The predicted octanol–water partition coefficient (Wildman–Crippen LogP) is 2.43. The minimum absolute atomic E-state index is 0.0485. The van der Waals surface area contributed by atoms with Gasteiger partial charge in [0.1, 0.15) is 0 Å². The third-order valence-corrected chi connectivity index (χ3v) is 4.81. The number of hydrogen-bond acceptors (Lipinski definition) is 3. The van der Waals surface area contributed by atoms with Crippen LogP contribution in [-0.2, 0) is 10.0 Å². The van der Waals surface area contributed by atoms with Crippen LogP contribution in [0.3, 0.4) is 0 Å². The number of carbonyl (C=O) groups excluding carboxylic acids is 1. The SMILES string of the molecule is C[C@@H](NC(=O)c1ccc(I)cc1)c1ccc(S(N)(=O)=O)cc1. The summed E-state index contributed by atoms with van der Waals surface area (Å²) in [6.45, 7) is 1.83. The van der Waals surface area contributed by atoms with Crippen molar-refractivity contribution in [1.82, 2.24) is 5.32 Å². The Bertz CT molecular complexity index is 771. The Hall–Kier alpha value is -1.45. The van der Waals surface area contributed by atoms with Gasteiger partial charge in [0.05, 0.1) is 10.9 Å². The molecular weight excluding hydrogens is 415 g/mol. The third kappa shape index (κ3) is 4.28. The quantitative estimate of drug-likeness (QED) is 0.731. The van der Waals surface area contributed by atoms with Crippen LogP contribution in [0.25, 0.3) is 0 Å². The van der Waals surface area contributed by atoms with Crippen molar-refractivity contribution in [3.05, 3.63) is 63.2 Å². The van der Waals surface area contributed by atoms with Gasteiger partial charge in [0.25, 0.3) is 5.91 Å². The number of primary sulfonamides is 1. The highest BCUT2D eigenvalue weighted by Gasteiger charge is 2.13. The molecule has 3 N–H and O–H groups in total.